The van der Waals surface area contributed by atoms with Gasteiger partial charge in [0.1, 0.15) is 0 Å². The maximum Gasteiger partial charge on any atom is 0.356 e. The van der Waals surface area contributed by atoms with E-state index in [-0.39, 0.29) is 18.9 Å². The molecule has 30 heavy (non-hydrogen) atoms. The van der Waals surface area contributed by atoms with Crippen LogP contribution in [0.3, 0.4) is 0 Å². The Morgan fingerprint density at radius 1 is 0.933 bits per heavy atom. The van der Waals surface area contributed by atoms with Crippen LogP contribution in [0.1, 0.15) is 102 Å². The molecule has 0 N–H and O–H groups in total. The van der Waals surface area contributed by atoms with Gasteiger partial charge < -0.3 is 4.74 Å². The first-order valence-corrected chi connectivity index (χ1v) is 12.2. The van der Waals surface area contributed by atoms with Crippen molar-refractivity contribution in [1.29, 1.82) is 0 Å². The van der Waals surface area contributed by atoms with Crippen LogP contribution in [0, 0.1) is 17.8 Å². The molecule has 1 nitrogen and oxygen atoms in total. The summed E-state index contributed by atoms with van der Waals surface area (Å²) in [6.07, 6.45) is 12.7. The minimum Gasteiger partial charge on any atom is -0.316 e. The molecule has 0 spiro atoms. The van der Waals surface area contributed by atoms with E-state index >= 15 is 0 Å². The van der Waals surface area contributed by atoms with Crippen LogP contribution in [-0.2, 0) is 11.3 Å². The van der Waals surface area contributed by atoms with Crippen molar-refractivity contribution in [3.8, 4) is 0 Å². The maximum atomic E-state index is 14.4. The molecule has 0 radical (unpaired) electrons. The van der Waals surface area contributed by atoms with E-state index in [9.17, 15) is 8.78 Å². The molecule has 0 saturated heterocycles. The molecule has 0 heterocycles. The molecule has 0 aliphatic heterocycles. The number of halogens is 2. The van der Waals surface area contributed by atoms with E-state index in [0.717, 1.165) is 37.2 Å². The lowest BCUT2D eigenvalue weighted by Gasteiger charge is -2.29. The summed E-state index contributed by atoms with van der Waals surface area (Å²) in [5, 5.41) is 0. The zero-order valence-corrected chi connectivity index (χ0v) is 18.9. The third-order valence-electron chi connectivity index (χ3n) is 7.33. The molecule has 2 fully saturated rings. The molecule has 2 aliphatic carbocycles. The molecule has 0 unspecified atom stereocenters. The zero-order chi connectivity index (χ0) is 21.4. The first-order chi connectivity index (χ1) is 14.5. The first kappa shape index (κ1) is 23.4. The minimum absolute atomic E-state index is 0.00949. The molecule has 1 aromatic carbocycles. The third-order valence-corrected chi connectivity index (χ3v) is 7.33. The van der Waals surface area contributed by atoms with Gasteiger partial charge in [-0.05, 0) is 93.1 Å². The van der Waals surface area contributed by atoms with Gasteiger partial charge in [0.25, 0.3) is 0 Å². The van der Waals surface area contributed by atoms with Crippen molar-refractivity contribution in [3.63, 3.8) is 0 Å². The van der Waals surface area contributed by atoms with Gasteiger partial charge in [-0.15, -0.1) is 0 Å². The van der Waals surface area contributed by atoms with Gasteiger partial charge in [0, 0.05) is 6.42 Å². The Morgan fingerprint density at radius 3 is 2.17 bits per heavy atom. The number of ether oxygens (including phenoxy) is 1. The molecule has 2 saturated carbocycles. The van der Waals surface area contributed by atoms with Crippen molar-refractivity contribution in [3.05, 3.63) is 47.5 Å². The number of hydrogen-bond acceptors (Lipinski definition) is 1. The molecule has 168 valence electrons. The SMILES string of the molecule is CC=CC1CCC(CC(F)(F)OCc2ccc(C3CCC(CCC)CC3)cc2)CC1. The maximum absolute atomic E-state index is 14.4. The summed E-state index contributed by atoms with van der Waals surface area (Å²) < 4.78 is 33.8. The third kappa shape index (κ3) is 7.18. The molecule has 1 aromatic rings. The molecule has 3 heteroatoms. The van der Waals surface area contributed by atoms with Crippen LogP contribution < -0.4 is 0 Å². The Labute approximate surface area is 182 Å². The smallest absolute Gasteiger partial charge is 0.316 e. The van der Waals surface area contributed by atoms with Gasteiger partial charge in [-0.3, -0.25) is 0 Å². The van der Waals surface area contributed by atoms with Crippen LogP contribution in [0.5, 0.6) is 0 Å². The summed E-state index contributed by atoms with van der Waals surface area (Å²) >= 11 is 0. The molecule has 0 bridgehead atoms. The second-order valence-electron chi connectivity index (χ2n) is 9.68. The van der Waals surface area contributed by atoms with Crippen LogP contribution in [0.4, 0.5) is 8.78 Å². The van der Waals surface area contributed by atoms with E-state index in [2.05, 4.69) is 31.2 Å². The second kappa shape index (κ2) is 11.4. The summed E-state index contributed by atoms with van der Waals surface area (Å²) in [5.41, 5.74) is 2.20. The molecular formula is C27H40F2O. The number of alkyl halides is 2. The largest absolute Gasteiger partial charge is 0.356 e. The highest BCUT2D eigenvalue weighted by Gasteiger charge is 2.35. The molecule has 3 rings (SSSR count). The van der Waals surface area contributed by atoms with E-state index in [1.807, 2.05) is 19.1 Å². The highest BCUT2D eigenvalue weighted by molar-refractivity contribution is 5.25. The second-order valence-corrected chi connectivity index (χ2v) is 9.68. The lowest BCUT2D eigenvalue weighted by molar-refractivity contribution is -0.256. The molecule has 0 atom stereocenters. The van der Waals surface area contributed by atoms with Gasteiger partial charge in [0.05, 0.1) is 6.61 Å². The van der Waals surface area contributed by atoms with Crippen molar-refractivity contribution in [2.45, 2.75) is 103 Å². The average Bonchev–Trinajstić information content (AvgIpc) is 2.75. The summed E-state index contributed by atoms with van der Waals surface area (Å²) in [6, 6.07) is 8.21. The number of benzene rings is 1. The lowest BCUT2D eigenvalue weighted by atomic mass is 9.77. The highest BCUT2D eigenvalue weighted by Crippen LogP contribution is 2.38. The Balaban J connectivity index is 1.42. The van der Waals surface area contributed by atoms with Gasteiger partial charge >= 0.3 is 6.11 Å². The standard InChI is InChI=1S/C27H40F2O/c1-3-5-21-7-9-23(10-8-21)19-27(28,29)30-20-24-13-17-26(18-14-24)25-15-11-22(6-4-2)12-16-25/h3,5,13-14,17-18,21-23,25H,4,6-12,15-16,19-20H2,1-2H3. The van der Waals surface area contributed by atoms with Crippen molar-refractivity contribution in [2.24, 2.45) is 17.8 Å². The van der Waals surface area contributed by atoms with Crippen molar-refractivity contribution in [2.75, 3.05) is 0 Å². The van der Waals surface area contributed by atoms with Gasteiger partial charge in [-0.1, -0.05) is 56.2 Å². The highest BCUT2D eigenvalue weighted by atomic mass is 19.3. The van der Waals surface area contributed by atoms with Crippen LogP contribution >= 0.6 is 0 Å². The Bertz CT molecular complexity index is 635. The average molecular weight is 419 g/mol. The number of rotatable bonds is 9. The van der Waals surface area contributed by atoms with E-state index in [4.69, 9.17) is 4.74 Å². The topological polar surface area (TPSA) is 9.23 Å². The molecule has 0 aromatic heterocycles. The van der Waals surface area contributed by atoms with Crippen molar-refractivity contribution in [1.82, 2.24) is 0 Å². The Hall–Kier alpha value is -1.22. The quantitative estimate of drug-likeness (QED) is 0.365. The minimum atomic E-state index is -3.03. The summed E-state index contributed by atoms with van der Waals surface area (Å²) in [5.74, 6) is 2.18. The van der Waals surface area contributed by atoms with E-state index < -0.39 is 6.11 Å². The summed E-state index contributed by atoms with van der Waals surface area (Å²) in [6.45, 7) is 4.29. The van der Waals surface area contributed by atoms with Gasteiger partial charge in [-0.2, -0.15) is 8.78 Å². The van der Waals surface area contributed by atoms with Crippen molar-refractivity contribution >= 4 is 0 Å². The van der Waals surface area contributed by atoms with E-state index in [1.165, 1.54) is 44.1 Å². The predicted octanol–water partition coefficient (Wildman–Crippen LogP) is 8.64. The van der Waals surface area contributed by atoms with Crippen molar-refractivity contribution < 1.29 is 13.5 Å². The van der Waals surface area contributed by atoms with E-state index in [1.54, 1.807) is 0 Å². The fourth-order valence-electron chi connectivity index (χ4n) is 5.52. The molecule has 2 aliphatic rings. The van der Waals surface area contributed by atoms with Gasteiger partial charge in [-0.25, -0.2) is 0 Å². The Kier molecular flexibility index (Phi) is 8.92. The van der Waals surface area contributed by atoms with Crippen LogP contribution in [0.2, 0.25) is 0 Å². The summed E-state index contributed by atoms with van der Waals surface area (Å²) in [4.78, 5) is 0. The number of allylic oxidation sites excluding steroid dienone is 2. The number of hydrogen-bond donors (Lipinski definition) is 0. The van der Waals surface area contributed by atoms with Gasteiger partial charge in [0.2, 0.25) is 0 Å². The van der Waals surface area contributed by atoms with Gasteiger partial charge in [0.15, 0.2) is 0 Å². The summed E-state index contributed by atoms with van der Waals surface area (Å²) in [7, 11) is 0. The first-order valence-electron chi connectivity index (χ1n) is 12.2. The van der Waals surface area contributed by atoms with Crippen LogP contribution in [0.15, 0.2) is 36.4 Å². The lowest BCUT2D eigenvalue weighted by Crippen LogP contribution is -2.26. The van der Waals surface area contributed by atoms with Crippen LogP contribution in [-0.4, -0.2) is 6.11 Å². The molecule has 0 amide bonds. The zero-order valence-electron chi connectivity index (χ0n) is 18.9. The van der Waals surface area contributed by atoms with Crippen LogP contribution in [0.25, 0.3) is 0 Å². The monoisotopic (exact) mass is 418 g/mol. The predicted molar refractivity (Wildman–Crippen MR) is 121 cm³/mol. The molecular weight excluding hydrogens is 378 g/mol. The van der Waals surface area contributed by atoms with E-state index in [0.29, 0.717) is 11.8 Å². The fraction of sp³-hybridized carbons (Fsp3) is 0.704. The fourth-order valence-corrected chi connectivity index (χ4v) is 5.52. The normalized spacial score (nSPS) is 28.1. The Morgan fingerprint density at radius 2 is 1.57 bits per heavy atom.